The maximum absolute atomic E-state index is 12.6. The third kappa shape index (κ3) is 2.71. The number of ketones is 1. The van der Waals surface area contributed by atoms with Crippen LogP contribution in [0.5, 0.6) is 0 Å². The highest BCUT2D eigenvalue weighted by molar-refractivity contribution is 9.10. The molecule has 1 heterocycles. The Hall–Kier alpha value is -1.21. The van der Waals surface area contributed by atoms with Gasteiger partial charge in [-0.1, -0.05) is 20.3 Å². The van der Waals surface area contributed by atoms with Crippen molar-refractivity contribution in [3.8, 4) is 6.07 Å². The summed E-state index contributed by atoms with van der Waals surface area (Å²) in [5.41, 5.74) is -0.348. The monoisotopic (exact) mass is 320 g/mol. The van der Waals surface area contributed by atoms with Crippen LogP contribution in [-0.4, -0.2) is 10.8 Å². The van der Waals surface area contributed by atoms with Gasteiger partial charge in [0.15, 0.2) is 5.78 Å². The molecule has 3 nitrogen and oxygen atoms in total. The van der Waals surface area contributed by atoms with Crippen molar-refractivity contribution in [2.45, 2.75) is 39.5 Å². The molecule has 1 aliphatic carbocycles. The molecule has 0 aliphatic heterocycles. The fourth-order valence-corrected chi connectivity index (χ4v) is 3.34. The minimum absolute atomic E-state index is 0.0775. The van der Waals surface area contributed by atoms with Gasteiger partial charge in [-0.2, -0.15) is 5.26 Å². The van der Waals surface area contributed by atoms with E-state index in [0.717, 1.165) is 22.9 Å². The molecule has 1 atom stereocenters. The molecule has 2 rings (SSSR count). The van der Waals surface area contributed by atoms with Crippen LogP contribution in [-0.2, 0) is 11.2 Å². The van der Waals surface area contributed by atoms with Crippen molar-refractivity contribution in [2.24, 2.45) is 10.8 Å². The third-order valence-corrected chi connectivity index (χ3v) is 4.37. The number of pyridine rings is 1. The minimum atomic E-state index is -0.885. The lowest BCUT2D eigenvalue weighted by molar-refractivity contribution is -0.138. The van der Waals surface area contributed by atoms with E-state index in [1.54, 1.807) is 12.4 Å². The highest BCUT2D eigenvalue weighted by Gasteiger charge is 2.48. The van der Waals surface area contributed by atoms with E-state index >= 15 is 0 Å². The second-order valence-electron chi connectivity index (χ2n) is 5.95. The van der Waals surface area contributed by atoms with Crippen LogP contribution in [0.25, 0.3) is 0 Å². The summed E-state index contributed by atoms with van der Waals surface area (Å²) < 4.78 is 0.876. The van der Waals surface area contributed by atoms with Crippen LogP contribution in [0.3, 0.4) is 0 Å². The molecule has 1 unspecified atom stereocenters. The second kappa shape index (κ2) is 5.05. The van der Waals surface area contributed by atoms with Crippen molar-refractivity contribution in [2.75, 3.05) is 0 Å². The van der Waals surface area contributed by atoms with Crippen molar-refractivity contribution < 1.29 is 4.79 Å². The molecule has 1 aliphatic rings. The van der Waals surface area contributed by atoms with Gasteiger partial charge >= 0.3 is 0 Å². The summed E-state index contributed by atoms with van der Waals surface area (Å²) >= 11 is 3.37. The number of nitriles is 1. The van der Waals surface area contributed by atoms with Crippen LogP contribution in [0.1, 0.15) is 38.7 Å². The van der Waals surface area contributed by atoms with Crippen LogP contribution in [0.2, 0.25) is 0 Å². The van der Waals surface area contributed by atoms with E-state index in [2.05, 4.69) is 27.0 Å². The number of hydrogen-bond acceptors (Lipinski definition) is 3. The first-order chi connectivity index (χ1) is 8.89. The standard InChI is InChI=1S/C15H17BrN2O/c1-14(2)4-3-5-15(10-17,13(14)19)7-11-6-12(16)9-18-8-11/h6,8-9H,3-5,7H2,1-2H3. The van der Waals surface area contributed by atoms with Gasteiger partial charge in [0.05, 0.1) is 6.07 Å². The molecule has 100 valence electrons. The number of halogens is 1. The molecule has 19 heavy (non-hydrogen) atoms. The Morgan fingerprint density at radius 2 is 2.16 bits per heavy atom. The first-order valence-corrected chi connectivity index (χ1v) is 7.25. The molecule has 4 heteroatoms. The second-order valence-corrected chi connectivity index (χ2v) is 6.86. The minimum Gasteiger partial charge on any atom is -0.297 e. The van der Waals surface area contributed by atoms with E-state index in [9.17, 15) is 10.1 Å². The molecule has 0 aromatic carbocycles. The molecule has 0 bridgehead atoms. The van der Waals surface area contributed by atoms with E-state index in [-0.39, 0.29) is 5.78 Å². The van der Waals surface area contributed by atoms with E-state index in [1.165, 1.54) is 0 Å². The molecule has 0 saturated heterocycles. The highest BCUT2D eigenvalue weighted by atomic mass is 79.9. The lowest BCUT2D eigenvalue weighted by Gasteiger charge is -2.39. The number of hydrogen-bond donors (Lipinski definition) is 0. The quantitative estimate of drug-likeness (QED) is 0.835. The molecule has 1 fully saturated rings. The average Bonchev–Trinajstić information content (AvgIpc) is 2.35. The maximum atomic E-state index is 12.6. The number of rotatable bonds is 2. The zero-order chi connectivity index (χ0) is 14.1. The topological polar surface area (TPSA) is 53.8 Å². The van der Waals surface area contributed by atoms with E-state index in [4.69, 9.17) is 0 Å². The fraction of sp³-hybridized carbons (Fsp3) is 0.533. The first-order valence-electron chi connectivity index (χ1n) is 6.45. The number of Topliss-reactive ketones (excluding diaryl/α,β-unsaturated/α-hetero) is 1. The Bertz CT molecular complexity index is 547. The molecular formula is C15H17BrN2O. The Morgan fingerprint density at radius 3 is 2.79 bits per heavy atom. The molecule has 0 N–H and O–H groups in total. The maximum Gasteiger partial charge on any atom is 0.158 e. The fourth-order valence-electron chi connectivity index (χ4n) is 2.92. The Morgan fingerprint density at radius 1 is 1.42 bits per heavy atom. The largest absolute Gasteiger partial charge is 0.297 e. The Kier molecular flexibility index (Phi) is 3.78. The normalized spacial score (nSPS) is 25.9. The third-order valence-electron chi connectivity index (χ3n) is 3.94. The summed E-state index contributed by atoms with van der Waals surface area (Å²) in [5, 5.41) is 9.57. The molecule has 1 aromatic heterocycles. The van der Waals surface area contributed by atoms with Gasteiger partial charge in [-0.15, -0.1) is 0 Å². The predicted octanol–water partition coefficient (Wildman–Crippen LogP) is 3.68. The average molecular weight is 321 g/mol. The van der Waals surface area contributed by atoms with Crippen molar-refractivity contribution in [1.29, 1.82) is 5.26 Å². The van der Waals surface area contributed by atoms with E-state index < -0.39 is 10.8 Å². The molecule has 0 spiro atoms. The van der Waals surface area contributed by atoms with Gasteiger partial charge in [0.25, 0.3) is 0 Å². The summed E-state index contributed by atoms with van der Waals surface area (Å²) in [7, 11) is 0. The number of aromatic nitrogens is 1. The van der Waals surface area contributed by atoms with Crippen molar-refractivity contribution in [3.05, 3.63) is 28.5 Å². The van der Waals surface area contributed by atoms with Gasteiger partial charge in [-0.25, -0.2) is 0 Å². The van der Waals surface area contributed by atoms with Gasteiger partial charge < -0.3 is 0 Å². The van der Waals surface area contributed by atoms with Gasteiger partial charge in [0.2, 0.25) is 0 Å². The molecule has 1 saturated carbocycles. The van der Waals surface area contributed by atoms with Gasteiger partial charge in [-0.05, 0) is 46.8 Å². The number of nitrogens with zero attached hydrogens (tertiary/aromatic N) is 2. The van der Waals surface area contributed by atoms with Crippen molar-refractivity contribution in [3.63, 3.8) is 0 Å². The molecule has 1 aromatic rings. The molecule has 0 amide bonds. The van der Waals surface area contributed by atoms with E-state index in [0.29, 0.717) is 12.8 Å². The lowest BCUT2D eigenvalue weighted by Crippen LogP contribution is -2.45. The summed E-state index contributed by atoms with van der Waals surface area (Å²) in [6.45, 7) is 3.89. The SMILES string of the molecule is CC1(C)CCCC(C#N)(Cc2cncc(Br)c2)C1=O. The number of carbonyl (C=O) groups excluding carboxylic acids is 1. The van der Waals surface area contributed by atoms with Crippen molar-refractivity contribution in [1.82, 2.24) is 4.98 Å². The zero-order valence-corrected chi connectivity index (χ0v) is 12.8. The summed E-state index contributed by atoms with van der Waals surface area (Å²) in [4.78, 5) is 16.7. The van der Waals surface area contributed by atoms with Crippen LogP contribution in [0, 0.1) is 22.2 Å². The van der Waals surface area contributed by atoms with E-state index in [1.807, 2.05) is 19.9 Å². The smallest absolute Gasteiger partial charge is 0.158 e. The molecule has 0 radical (unpaired) electrons. The zero-order valence-electron chi connectivity index (χ0n) is 11.2. The van der Waals surface area contributed by atoms with Gasteiger partial charge in [0.1, 0.15) is 5.41 Å². The van der Waals surface area contributed by atoms with Gasteiger partial charge in [-0.3, -0.25) is 9.78 Å². The van der Waals surface area contributed by atoms with Crippen LogP contribution >= 0.6 is 15.9 Å². The van der Waals surface area contributed by atoms with Crippen LogP contribution < -0.4 is 0 Å². The Balaban J connectivity index is 2.34. The van der Waals surface area contributed by atoms with Gasteiger partial charge in [0, 0.05) is 22.3 Å². The summed E-state index contributed by atoms with van der Waals surface area (Å²) in [6.07, 6.45) is 6.34. The highest BCUT2D eigenvalue weighted by Crippen LogP contribution is 2.44. The predicted molar refractivity (Wildman–Crippen MR) is 76.3 cm³/mol. The van der Waals surface area contributed by atoms with Crippen LogP contribution in [0.4, 0.5) is 0 Å². The first kappa shape index (κ1) is 14.2. The molecular weight excluding hydrogens is 304 g/mol. The summed E-state index contributed by atoms with van der Waals surface area (Å²) in [5.74, 6) is 0.0775. The Labute approximate surface area is 122 Å². The van der Waals surface area contributed by atoms with Crippen LogP contribution in [0.15, 0.2) is 22.9 Å². The lowest BCUT2D eigenvalue weighted by atomic mass is 9.61. The summed E-state index contributed by atoms with van der Waals surface area (Å²) in [6, 6.07) is 4.23. The number of carbonyl (C=O) groups is 1. The van der Waals surface area contributed by atoms with Crippen molar-refractivity contribution >= 4 is 21.7 Å².